The Morgan fingerprint density at radius 1 is 0.796 bits per heavy atom. The quantitative estimate of drug-likeness (QED) is 0.257. The number of aliphatic hydroxyl groups is 1. The van der Waals surface area contributed by atoms with E-state index in [0.717, 1.165) is 17.7 Å². The van der Waals surface area contributed by atoms with E-state index in [4.69, 9.17) is 9.47 Å². The van der Waals surface area contributed by atoms with Crippen molar-refractivity contribution in [2.45, 2.75) is 69.5 Å². The Kier molecular flexibility index (Phi) is 11.9. The Morgan fingerprint density at radius 2 is 1.41 bits per heavy atom. The maximum Gasteiger partial charge on any atom is 0.265 e. The van der Waals surface area contributed by atoms with Crippen molar-refractivity contribution in [2.75, 3.05) is 26.2 Å². The van der Waals surface area contributed by atoms with Crippen LogP contribution in [-0.2, 0) is 32.1 Å². The Hall–Kier alpha value is -4.94. The molecule has 4 atom stereocenters. The zero-order chi connectivity index (χ0) is 34.8. The van der Waals surface area contributed by atoms with Crippen molar-refractivity contribution < 1.29 is 33.8 Å². The van der Waals surface area contributed by atoms with Crippen molar-refractivity contribution in [1.82, 2.24) is 26.2 Å². The predicted molar refractivity (Wildman–Crippen MR) is 183 cm³/mol. The van der Waals surface area contributed by atoms with Crippen LogP contribution < -0.4 is 30.7 Å². The molecule has 0 saturated carbocycles. The summed E-state index contributed by atoms with van der Waals surface area (Å²) in [5, 5.41) is 21.5. The van der Waals surface area contributed by atoms with E-state index in [-0.39, 0.29) is 19.6 Å². The maximum absolute atomic E-state index is 14.1. The third-order valence-electron chi connectivity index (χ3n) is 8.85. The molecular formula is C37H45N5O7. The van der Waals surface area contributed by atoms with Crippen molar-refractivity contribution in [2.24, 2.45) is 0 Å². The van der Waals surface area contributed by atoms with E-state index in [1.807, 2.05) is 48.5 Å². The van der Waals surface area contributed by atoms with E-state index in [1.165, 1.54) is 13.8 Å². The molecule has 1 spiro atoms. The summed E-state index contributed by atoms with van der Waals surface area (Å²) in [5.74, 6) is -1.32. The summed E-state index contributed by atoms with van der Waals surface area (Å²) < 4.78 is 12.3. The van der Waals surface area contributed by atoms with Crippen molar-refractivity contribution in [1.29, 1.82) is 0 Å². The fourth-order valence-electron chi connectivity index (χ4n) is 5.99. The summed E-state index contributed by atoms with van der Waals surface area (Å²) >= 11 is 0. The minimum Gasteiger partial charge on any atom is -0.492 e. The highest BCUT2D eigenvalue weighted by Gasteiger charge is 2.46. The Labute approximate surface area is 286 Å². The minimum atomic E-state index is -1.38. The lowest BCUT2D eigenvalue weighted by Crippen LogP contribution is -2.63. The summed E-state index contributed by atoms with van der Waals surface area (Å²) in [6, 6.07) is 22.8. The second-order valence-corrected chi connectivity index (χ2v) is 12.6. The number of aliphatic hydroxyl groups excluding tert-OH is 1. The van der Waals surface area contributed by atoms with Crippen LogP contribution in [0.15, 0.2) is 84.9 Å². The molecule has 5 N–H and O–H groups in total. The van der Waals surface area contributed by atoms with Crippen LogP contribution in [-0.4, -0.2) is 89.7 Å². The number of piperidine rings is 1. The highest BCUT2D eigenvalue weighted by molar-refractivity contribution is 5.95. The van der Waals surface area contributed by atoms with Crippen molar-refractivity contribution in [3.8, 4) is 11.5 Å². The Morgan fingerprint density at radius 3 is 2.04 bits per heavy atom. The van der Waals surface area contributed by atoms with Gasteiger partial charge in [0.2, 0.25) is 17.7 Å². The van der Waals surface area contributed by atoms with Crippen LogP contribution in [0.2, 0.25) is 0 Å². The van der Waals surface area contributed by atoms with Crippen LogP contribution in [0.1, 0.15) is 37.8 Å². The monoisotopic (exact) mass is 671 g/mol. The van der Waals surface area contributed by atoms with Gasteiger partial charge in [0.1, 0.15) is 36.2 Å². The first-order valence-electron chi connectivity index (χ1n) is 16.7. The van der Waals surface area contributed by atoms with Gasteiger partial charge in [-0.05, 0) is 49.2 Å². The SMILES string of the molecule is C[C@@H]1NC(=O)C([C@@H](C)O)NC(=O)C2(CCN(Cc3ccccc3)CC2)Oc2ccc(cc2)OCCNC(=O)[C@H](Cc2ccccc2)NC1=O. The topological polar surface area (TPSA) is 158 Å². The predicted octanol–water partition coefficient (Wildman–Crippen LogP) is 1.71. The third kappa shape index (κ3) is 9.58. The van der Waals surface area contributed by atoms with Gasteiger partial charge in [-0.1, -0.05) is 60.7 Å². The number of carbonyl (C=O) groups is 4. The lowest BCUT2D eigenvalue weighted by Gasteiger charge is -2.41. The van der Waals surface area contributed by atoms with Crippen LogP contribution in [0, 0.1) is 0 Å². The molecule has 3 aromatic rings. The fraction of sp³-hybridized carbons (Fsp3) is 0.405. The molecule has 6 rings (SSSR count). The lowest BCUT2D eigenvalue weighted by molar-refractivity contribution is -0.146. The van der Waals surface area contributed by atoms with Crippen LogP contribution >= 0.6 is 0 Å². The van der Waals surface area contributed by atoms with E-state index in [1.54, 1.807) is 24.3 Å². The molecule has 0 aliphatic carbocycles. The standard InChI is InChI=1S/C37H45N5O7/c1-25-33(44)40-31(23-27-9-5-3-6-10-27)34(45)38-19-22-48-29-13-15-30(16-14-29)49-37(36(47)41-32(26(2)43)35(46)39-25)17-20-42(21-18-37)24-28-11-7-4-8-12-28/h3-16,25-26,31-32,43H,17-24H2,1-2H3,(H,38,45)(H,39,46)(H,40,44)(H,41,47)/t25-,26+,31-,32?/m0/s1. The number of benzene rings is 3. The molecule has 12 heteroatoms. The highest BCUT2D eigenvalue weighted by Crippen LogP contribution is 2.31. The Bertz CT molecular complexity index is 1560. The van der Waals surface area contributed by atoms with E-state index >= 15 is 0 Å². The number of nitrogens with one attached hydrogen (secondary N) is 4. The molecule has 2 bridgehead atoms. The molecule has 1 saturated heterocycles. The smallest absolute Gasteiger partial charge is 0.265 e. The number of fused-ring (bicyclic) bond motifs is 15. The van der Waals surface area contributed by atoms with E-state index in [0.29, 0.717) is 37.4 Å². The second kappa shape index (κ2) is 16.4. The number of hydrogen-bond acceptors (Lipinski definition) is 8. The molecule has 1 unspecified atom stereocenters. The molecule has 49 heavy (non-hydrogen) atoms. The lowest BCUT2D eigenvalue weighted by atomic mass is 9.89. The summed E-state index contributed by atoms with van der Waals surface area (Å²) in [4.78, 5) is 56.3. The second-order valence-electron chi connectivity index (χ2n) is 12.6. The zero-order valence-electron chi connectivity index (χ0n) is 27.9. The maximum atomic E-state index is 14.1. The normalized spacial score (nSPS) is 23.2. The fourth-order valence-corrected chi connectivity index (χ4v) is 5.99. The van der Waals surface area contributed by atoms with E-state index < -0.39 is 53.5 Å². The van der Waals surface area contributed by atoms with Crippen LogP contribution in [0.25, 0.3) is 0 Å². The van der Waals surface area contributed by atoms with Gasteiger partial charge in [-0.15, -0.1) is 0 Å². The van der Waals surface area contributed by atoms with E-state index in [2.05, 4.69) is 38.3 Å². The first-order valence-corrected chi connectivity index (χ1v) is 16.7. The molecule has 3 aliphatic rings. The molecule has 3 heterocycles. The molecule has 0 aromatic heterocycles. The number of amides is 4. The first-order chi connectivity index (χ1) is 23.6. The van der Waals surface area contributed by atoms with Crippen molar-refractivity contribution >= 4 is 23.6 Å². The number of likely N-dealkylation sites (tertiary alicyclic amines) is 1. The molecule has 260 valence electrons. The Balaban J connectivity index is 1.37. The van der Waals surface area contributed by atoms with E-state index in [9.17, 15) is 24.3 Å². The van der Waals surface area contributed by atoms with Gasteiger partial charge in [0.05, 0.1) is 12.6 Å². The summed E-state index contributed by atoms with van der Waals surface area (Å²) in [5.41, 5.74) is 0.664. The average molecular weight is 672 g/mol. The zero-order valence-corrected chi connectivity index (χ0v) is 27.9. The van der Waals surface area contributed by atoms with Gasteiger partial charge in [-0.2, -0.15) is 0 Å². The van der Waals surface area contributed by atoms with Gasteiger partial charge in [0.15, 0.2) is 5.60 Å². The van der Waals surface area contributed by atoms with Gasteiger partial charge < -0.3 is 35.8 Å². The third-order valence-corrected chi connectivity index (χ3v) is 8.85. The van der Waals surface area contributed by atoms with Gasteiger partial charge in [0, 0.05) is 38.9 Å². The molecule has 3 aromatic carbocycles. The first kappa shape index (κ1) is 35.4. The van der Waals surface area contributed by atoms with Crippen LogP contribution in [0.3, 0.4) is 0 Å². The number of ether oxygens (including phenoxy) is 2. The number of carbonyl (C=O) groups excluding carboxylic acids is 4. The van der Waals surface area contributed by atoms with Gasteiger partial charge in [-0.25, -0.2) is 0 Å². The summed E-state index contributed by atoms with van der Waals surface area (Å²) in [6.45, 7) is 5.06. The number of nitrogens with zero attached hydrogens (tertiary/aromatic N) is 1. The minimum absolute atomic E-state index is 0.175. The summed E-state index contributed by atoms with van der Waals surface area (Å²) in [7, 11) is 0. The summed E-state index contributed by atoms with van der Waals surface area (Å²) in [6.07, 6.45) is -0.405. The van der Waals surface area contributed by atoms with Gasteiger partial charge >= 0.3 is 0 Å². The largest absolute Gasteiger partial charge is 0.492 e. The molecular weight excluding hydrogens is 626 g/mol. The van der Waals surface area contributed by atoms with Crippen molar-refractivity contribution in [3.05, 3.63) is 96.1 Å². The average Bonchev–Trinajstić information content (AvgIpc) is 3.10. The molecule has 1 fully saturated rings. The molecule has 3 aliphatic heterocycles. The van der Waals surface area contributed by atoms with Gasteiger partial charge in [-0.3, -0.25) is 24.1 Å². The molecule has 12 nitrogen and oxygen atoms in total. The molecule has 4 amide bonds. The number of rotatable bonds is 5. The van der Waals surface area contributed by atoms with Crippen LogP contribution in [0.5, 0.6) is 11.5 Å². The van der Waals surface area contributed by atoms with Gasteiger partial charge in [0.25, 0.3) is 5.91 Å². The number of hydrogen-bond donors (Lipinski definition) is 5. The van der Waals surface area contributed by atoms with Crippen LogP contribution in [0.4, 0.5) is 0 Å². The van der Waals surface area contributed by atoms with Crippen molar-refractivity contribution in [3.63, 3.8) is 0 Å². The highest BCUT2D eigenvalue weighted by atomic mass is 16.5. The molecule has 0 radical (unpaired) electrons.